The Hall–Kier alpha value is -2.02. The minimum Gasteiger partial charge on any atom is -0.298 e. The normalized spacial score (nSPS) is 11.4. The molecule has 5 heteroatoms. The first kappa shape index (κ1) is 13.0. The number of aryl methyl sites for hydroxylation is 2. The van der Waals surface area contributed by atoms with Crippen molar-refractivity contribution in [3.05, 3.63) is 45.3 Å². The summed E-state index contributed by atoms with van der Waals surface area (Å²) in [6.45, 7) is 4.90. The van der Waals surface area contributed by atoms with Crippen LogP contribution in [0.1, 0.15) is 22.7 Å². The Balaban J connectivity index is 2.70. The van der Waals surface area contributed by atoms with E-state index in [1.165, 1.54) is 11.1 Å². The van der Waals surface area contributed by atoms with E-state index in [0.717, 1.165) is 5.56 Å². The second-order valence-electron chi connectivity index (χ2n) is 3.81. The van der Waals surface area contributed by atoms with Gasteiger partial charge in [-0.25, -0.2) is 0 Å². The molecule has 0 saturated heterocycles. The second-order valence-corrected chi connectivity index (χ2v) is 3.81. The first-order valence-electron chi connectivity index (χ1n) is 5.40. The fourth-order valence-electron chi connectivity index (χ4n) is 1.49. The summed E-state index contributed by atoms with van der Waals surface area (Å²) in [6.07, 6.45) is 0. The zero-order chi connectivity index (χ0) is 12.7. The molecule has 5 nitrogen and oxygen atoms in total. The maximum Gasteiger partial charge on any atom is 0.121 e. The molecule has 1 unspecified atom stereocenters. The first-order chi connectivity index (χ1) is 8.19. The largest absolute Gasteiger partial charge is 0.298 e. The molecule has 0 fully saturated rings. The second kappa shape index (κ2) is 6.54. The van der Waals surface area contributed by atoms with Crippen molar-refractivity contribution in [2.24, 2.45) is 5.11 Å². The van der Waals surface area contributed by atoms with E-state index in [9.17, 15) is 0 Å². The van der Waals surface area contributed by atoms with Crippen LogP contribution in [0.25, 0.3) is 10.4 Å². The third-order valence-electron chi connectivity index (χ3n) is 2.62. The van der Waals surface area contributed by atoms with Crippen molar-refractivity contribution < 1.29 is 0 Å². The Bertz CT molecular complexity index is 468. The van der Waals surface area contributed by atoms with E-state index in [-0.39, 0.29) is 6.04 Å². The topological polar surface area (TPSA) is 84.6 Å². The summed E-state index contributed by atoms with van der Waals surface area (Å²) in [6, 6.07) is 7.79. The molecule has 88 valence electrons. The number of nitriles is 1. The Kier molecular flexibility index (Phi) is 5.02. The maximum absolute atomic E-state index is 9.08. The van der Waals surface area contributed by atoms with Crippen LogP contribution in [-0.4, -0.2) is 13.1 Å². The number of nitrogens with zero attached hydrogens (tertiary/aromatic N) is 4. The van der Waals surface area contributed by atoms with Gasteiger partial charge in [0.05, 0.1) is 6.07 Å². The molecule has 0 aliphatic rings. The van der Waals surface area contributed by atoms with Crippen LogP contribution in [-0.2, 0) is 0 Å². The molecule has 0 saturated carbocycles. The molecule has 0 aromatic heterocycles. The summed E-state index contributed by atoms with van der Waals surface area (Å²) < 4.78 is 0. The van der Waals surface area contributed by atoms with Crippen molar-refractivity contribution in [1.29, 1.82) is 5.26 Å². The van der Waals surface area contributed by atoms with Crippen LogP contribution >= 0.6 is 0 Å². The summed E-state index contributed by atoms with van der Waals surface area (Å²) in [5.41, 5.74) is 11.5. The van der Waals surface area contributed by atoms with Gasteiger partial charge in [0.25, 0.3) is 0 Å². The van der Waals surface area contributed by atoms with Gasteiger partial charge in [-0.15, -0.1) is 0 Å². The van der Waals surface area contributed by atoms with E-state index in [2.05, 4.69) is 21.4 Å². The number of hydrogen-bond acceptors (Lipinski definition) is 3. The SMILES string of the molecule is Cc1ccc(C(C#N)NCCN=[N+]=[N-])cc1C. The highest BCUT2D eigenvalue weighted by Gasteiger charge is 2.09. The number of nitrogens with one attached hydrogen (secondary N) is 1. The molecule has 0 amide bonds. The van der Waals surface area contributed by atoms with Gasteiger partial charge in [0.1, 0.15) is 6.04 Å². The molecule has 1 atom stereocenters. The van der Waals surface area contributed by atoms with Gasteiger partial charge in [0.15, 0.2) is 0 Å². The van der Waals surface area contributed by atoms with Gasteiger partial charge in [0, 0.05) is 18.0 Å². The van der Waals surface area contributed by atoms with Crippen molar-refractivity contribution in [1.82, 2.24) is 5.32 Å². The van der Waals surface area contributed by atoms with Gasteiger partial charge >= 0.3 is 0 Å². The number of hydrogen-bond donors (Lipinski definition) is 1. The molecular weight excluding hydrogens is 214 g/mol. The minimum absolute atomic E-state index is 0.347. The van der Waals surface area contributed by atoms with Crippen LogP contribution < -0.4 is 5.32 Å². The van der Waals surface area contributed by atoms with Gasteiger partial charge in [0.2, 0.25) is 0 Å². The lowest BCUT2D eigenvalue weighted by Crippen LogP contribution is -2.22. The van der Waals surface area contributed by atoms with Gasteiger partial charge in [-0.2, -0.15) is 5.26 Å². The Morgan fingerprint density at radius 2 is 2.24 bits per heavy atom. The van der Waals surface area contributed by atoms with Gasteiger partial charge in [-0.05, 0) is 36.1 Å². The highest BCUT2D eigenvalue weighted by Crippen LogP contribution is 2.16. The summed E-state index contributed by atoms with van der Waals surface area (Å²) in [7, 11) is 0. The number of azide groups is 1. The molecular formula is C12H15N5. The van der Waals surface area contributed by atoms with Gasteiger partial charge in [-0.3, -0.25) is 5.32 Å². The van der Waals surface area contributed by atoms with Crippen molar-refractivity contribution in [2.75, 3.05) is 13.1 Å². The van der Waals surface area contributed by atoms with Crippen LogP contribution in [0.4, 0.5) is 0 Å². The lowest BCUT2D eigenvalue weighted by Gasteiger charge is -2.12. The Morgan fingerprint density at radius 3 is 2.82 bits per heavy atom. The van der Waals surface area contributed by atoms with Gasteiger partial charge < -0.3 is 0 Å². The van der Waals surface area contributed by atoms with E-state index in [1.807, 2.05) is 32.0 Å². The van der Waals surface area contributed by atoms with Crippen molar-refractivity contribution in [3.63, 3.8) is 0 Å². The zero-order valence-electron chi connectivity index (χ0n) is 10.0. The summed E-state index contributed by atoms with van der Waals surface area (Å²) in [4.78, 5) is 2.66. The predicted molar refractivity (Wildman–Crippen MR) is 66.3 cm³/mol. The molecule has 0 aliphatic carbocycles. The van der Waals surface area contributed by atoms with E-state index in [1.54, 1.807) is 0 Å². The Labute approximate surface area is 101 Å². The lowest BCUT2D eigenvalue weighted by molar-refractivity contribution is 0.635. The minimum atomic E-state index is -0.358. The lowest BCUT2D eigenvalue weighted by atomic mass is 10.0. The first-order valence-corrected chi connectivity index (χ1v) is 5.40. The average molecular weight is 229 g/mol. The molecule has 0 spiro atoms. The van der Waals surface area contributed by atoms with Crippen molar-refractivity contribution in [2.45, 2.75) is 19.9 Å². The smallest absolute Gasteiger partial charge is 0.121 e. The summed E-state index contributed by atoms with van der Waals surface area (Å²) >= 11 is 0. The third-order valence-corrected chi connectivity index (χ3v) is 2.62. The average Bonchev–Trinajstić information content (AvgIpc) is 2.33. The van der Waals surface area contributed by atoms with Crippen LogP contribution in [0.5, 0.6) is 0 Å². The fraction of sp³-hybridized carbons (Fsp3) is 0.417. The molecule has 0 aliphatic heterocycles. The maximum atomic E-state index is 9.08. The number of rotatable bonds is 5. The van der Waals surface area contributed by atoms with Crippen molar-refractivity contribution >= 4 is 0 Å². The van der Waals surface area contributed by atoms with E-state index in [0.29, 0.717) is 13.1 Å². The molecule has 0 bridgehead atoms. The standard InChI is InChI=1S/C12H15N5/c1-9-3-4-11(7-10(9)2)12(8-13)15-5-6-16-17-14/h3-4,7,12,15H,5-6H2,1-2H3. The quantitative estimate of drug-likeness (QED) is 0.364. The van der Waals surface area contributed by atoms with Crippen LogP contribution in [0, 0.1) is 25.2 Å². The molecule has 0 heterocycles. The molecule has 0 radical (unpaired) electrons. The fourth-order valence-corrected chi connectivity index (χ4v) is 1.49. The van der Waals surface area contributed by atoms with E-state index in [4.69, 9.17) is 10.8 Å². The third kappa shape index (κ3) is 3.80. The molecule has 1 rings (SSSR count). The van der Waals surface area contributed by atoms with E-state index >= 15 is 0 Å². The highest BCUT2D eigenvalue weighted by atomic mass is 15.1. The van der Waals surface area contributed by atoms with Gasteiger partial charge in [-0.1, -0.05) is 23.3 Å². The van der Waals surface area contributed by atoms with Crippen LogP contribution in [0.2, 0.25) is 0 Å². The Morgan fingerprint density at radius 1 is 1.47 bits per heavy atom. The van der Waals surface area contributed by atoms with Crippen molar-refractivity contribution in [3.8, 4) is 6.07 Å². The molecule has 1 N–H and O–H groups in total. The van der Waals surface area contributed by atoms with Crippen LogP contribution in [0.3, 0.4) is 0 Å². The van der Waals surface area contributed by atoms with Crippen LogP contribution in [0.15, 0.2) is 23.3 Å². The summed E-state index contributed by atoms with van der Waals surface area (Å²) in [5, 5.41) is 15.5. The molecule has 17 heavy (non-hydrogen) atoms. The number of benzene rings is 1. The monoisotopic (exact) mass is 229 g/mol. The summed E-state index contributed by atoms with van der Waals surface area (Å²) in [5.74, 6) is 0. The molecule has 1 aromatic rings. The van der Waals surface area contributed by atoms with E-state index < -0.39 is 0 Å². The highest BCUT2D eigenvalue weighted by molar-refractivity contribution is 5.33. The molecule has 1 aromatic carbocycles. The zero-order valence-corrected chi connectivity index (χ0v) is 10.0. The predicted octanol–water partition coefficient (Wildman–Crippen LogP) is 2.77.